The summed E-state index contributed by atoms with van der Waals surface area (Å²) >= 11 is 0. The molecule has 0 saturated carbocycles. The molecule has 0 unspecified atom stereocenters. The summed E-state index contributed by atoms with van der Waals surface area (Å²) in [7, 11) is 0. The molecule has 0 bridgehead atoms. The van der Waals surface area contributed by atoms with Crippen LogP contribution in [0.5, 0.6) is 5.75 Å². The van der Waals surface area contributed by atoms with Crippen LogP contribution >= 0.6 is 0 Å². The maximum atomic E-state index is 12.3. The van der Waals surface area contributed by atoms with Crippen LogP contribution in [-0.2, 0) is 4.79 Å². The van der Waals surface area contributed by atoms with Crippen LogP contribution in [-0.4, -0.2) is 17.6 Å². The van der Waals surface area contributed by atoms with E-state index in [2.05, 4.69) is 17.6 Å². The average Bonchev–Trinajstić information content (AvgIpc) is 2.59. The summed E-state index contributed by atoms with van der Waals surface area (Å²) in [6.07, 6.45) is 4.67. The van der Waals surface area contributed by atoms with Crippen molar-refractivity contribution in [2.75, 3.05) is 11.9 Å². The van der Waals surface area contributed by atoms with Gasteiger partial charge in [-0.1, -0.05) is 44.0 Å². The number of fused-ring (bicyclic) bond motifs is 1. The number of amides is 1. The van der Waals surface area contributed by atoms with E-state index in [0.717, 1.165) is 31.2 Å². The monoisotopic (exact) mass is 323 g/mol. The normalized spacial score (nSPS) is 11.1. The number of benzene rings is 2. The van der Waals surface area contributed by atoms with Crippen LogP contribution in [0.15, 0.2) is 48.2 Å². The number of unbranched alkanes of at least 4 members (excludes halogenated alkanes) is 2. The number of aromatic hydroxyl groups is 1. The number of nitriles is 1. The first kappa shape index (κ1) is 17.4. The molecule has 0 saturated heterocycles. The highest BCUT2D eigenvalue weighted by Gasteiger charge is 2.11. The summed E-state index contributed by atoms with van der Waals surface area (Å²) < 4.78 is 0. The highest BCUT2D eigenvalue weighted by molar-refractivity contribution is 6.11. The lowest BCUT2D eigenvalue weighted by molar-refractivity contribution is -0.112. The second-order valence-corrected chi connectivity index (χ2v) is 5.46. The number of hydrogen-bond acceptors (Lipinski definition) is 4. The zero-order valence-corrected chi connectivity index (χ0v) is 13.7. The van der Waals surface area contributed by atoms with E-state index in [4.69, 9.17) is 0 Å². The number of rotatable bonds is 7. The zero-order valence-electron chi connectivity index (χ0n) is 13.7. The Balaban J connectivity index is 2.12. The van der Waals surface area contributed by atoms with Crippen molar-refractivity contribution < 1.29 is 9.90 Å². The van der Waals surface area contributed by atoms with Gasteiger partial charge in [0, 0.05) is 29.2 Å². The van der Waals surface area contributed by atoms with Gasteiger partial charge in [-0.3, -0.25) is 4.79 Å². The van der Waals surface area contributed by atoms with E-state index in [-0.39, 0.29) is 11.3 Å². The summed E-state index contributed by atoms with van der Waals surface area (Å²) in [4.78, 5) is 12.3. The summed E-state index contributed by atoms with van der Waals surface area (Å²) in [5, 5.41) is 26.2. The third-order valence-electron chi connectivity index (χ3n) is 3.68. The highest BCUT2D eigenvalue weighted by Crippen LogP contribution is 2.29. The van der Waals surface area contributed by atoms with Gasteiger partial charge in [0.25, 0.3) is 5.91 Å². The molecule has 0 fully saturated rings. The van der Waals surface area contributed by atoms with Crippen molar-refractivity contribution in [3.05, 3.63) is 48.2 Å². The largest absolute Gasteiger partial charge is 0.507 e. The van der Waals surface area contributed by atoms with Crippen molar-refractivity contribution >= 4 is 22.4 Å². The first-order valence-electron chi connectivity index (χ1n) is 8.03. The number of nitrogens with zero attached hydrogens (tertiary/aromatic N) is 1. The molecule has 0 spiro atoms. The Morgan fingerprint density at radius 3 is 2.71 bits per heavy atom. The van der Waals surface area contributed by atoms with E-state index in [1.165, 1.54) is 6.20 Å². The summed E-state index contributed by atoms with van der Waals surface area (Å²) in [5.41, 5.74) is 0.573. The smallest absolute Gasteiger partial charge is 0.267 e. The average molecular weight is 323 g/mol. The Morgan fingerprint density at radius 1 is 1.21 bits per heavy atom. The summed E-state index contributed by atoms with van der Waals surface area (Å²) in [6, 6.07) is 12.3. The maximum absolute atomic E-state index is 12.3. The van der Waals surface area contributed by atoms with Crippen LogP contribution < -0.4 is 10.6 Å². The first-order valence-corrected chi connectivity index (χ1v) is 8.03. The molecule has 5 nitrogen and oxygen atoms in total. The quantitative estimate of drug-likeness (QED) is 0.412. The van der Waals surface area contributed by atoms with Crippen LogP contribution in [0.25, 0.3) is 10.8 Å². The lowest BCUT2D eigenvalue weighted by Gasteiger charge is -2.09. The number of phenols is 1. The van der Waals surface area contributed by atoms with E-state index in [1.807, 2.05) is 12.1 Å². The standard InChI is InChI=1S/C19H21N3O2/c1-2-3-4-11-21-13-14(12-20)19(24)22-17-9-5-8-16-15(17)7-6-10-18(16)23/h5-10,13,21,23H,2-4,11H2,1H3,(H,22,24)/b14-13-. The van der Waals surface area contributed by atoms with Gasteiger partial charge in [0.2, 0.25) is 0 Å². The number of carbonyl (C=O) groups excluding carboxylic acids is 1. The van der Waals surface area contributed by atoms with Gasteiger partial charge in [0.1, 0.15) is 17.4 Å². The SMILES string of the molecule is CCCCCN/C=C(/C#N)C(=O)Nc1cccc2c(O)cccc12. The molecule has 0 heterocycles. The van der Waals surface area contributed by atoms with Crippen molar-refractivity contribution in [1.82, 2.24) is 5.32 Å². The predicted molar refractivity (Wildman–Crippen MR) is 95.5 cm³/mol. The van der Waals surface area contributed by atoms with E-state index < -0.39 is 5.91 Å². The van der Waals surface area contributed by atoms with Crippen LogP contribution in [0, 0.1) is 11.3 Å². The van der Waals surface area contributed by atoms with Gasteiger partial charge in [0.15, 0.2) is 0 Å². The molecular weight excluding hydrogens is 302 g/mol. The van der Waals surface area contributed by atoms with Crippen LogP contribution in [0.2, 0.25) is 0 Å². The molecule has 1 amide bonds. The molecule has 0 aliphatic rings. The summed E-state index contributed by atoms with van der Waals surface area (Å²) in [5.74, 6) is -0.325. The van der Waals surface area contributed by atoms with Crippen molar-refractivity contribution in [2.45, 2.75) is 26.2 Å². The maximum Gasteiger partial charge on any atom is 0.267 e. The van der Waals surface area contributed by atoms with Crippen molar-refractivity contribution in [3.63, 3.8) is 0 Å². The molecule has 5 heteroatoms. The van der Waals surface area contributed by atoms with E-state index in [0.29, 0.717) is 11.1 Å². The molecule has 0 atom stereocenters. The lowest BCUT2D eigenvalue weighted by atomic mass is 10.1. The third-order valence-corrected chi connectivity index (χ3v) is 3.68. The van der Waals surface area contributed by atoms with Gasteiger partial charge in [-0.05, 0) is 18.6 Å². The fourth-order valence-corrected chi connectivity index (χ4v) is 2.39. The van der Waals surface area contributed by atoms with Gasteiger partial charge in [-0.15, -0.1) is 0 Å². The number of carbonyl (C=O) groups is 1. The summed E-state index contributed by atoms with van der Waals surface area (Å²) in [6.45, 7) is 2.85. The zero-order chi connectivity index (χ0) is 17.4. The van der Waals surface area contributed by atoms with Crippen LogP contribution in [0.3, 0.4) is 0 Å². The molecule has 0 radical (unpaired) electrons. The first-order chi connectivity index (χ1) is 11.7. The van der Waals surface area contributed by atoms with Crippen molar-refractivity contribution in [1.29, 1.82) is 5.26 Å². The van der Waals surface area contributed by atoms with Gasteiger partial charge < -0.3 is 15.7 Å². The minimum Gasteiger partial charge on any atom is -0.507 e. The van der Waals surface area contributed by atoms with E-state index in [9.17, 15) is 15.2 Å². The molecule has 0 aromatic heterocycles. The topological polar surface area (TPSA) is 85.2 Å². The van der Waals surface area contributed by atoms with Crippen molar-refractivity contribution in [2.24, 2.45) is 0 Å². The highest BCUT2D eigenvalue weighted by atomic mass is 16.3. The van der Waals surface area contributed by atoms with Gasteiger partial charge in [-0.2, -0.15) is 5.26 Å². The molecule has 0 aliphatic heterocycles. The Kier molecular flexibility index (Phi) is 6.21. The van der Waals surface area contributed by atoms with E-state index in [1.54, 1.807) is 30.3 Å². The molecule has 2 aromatic rings. The molecule has 0 aliphatic carbocycles. The predicted octanol–water partition coefficient (Wildman–Crippen LogP) is 3.67. The Hall–Kier alpha value is -3.00. The Bertz CT molecular complexity index is 791. The minimum atomic E-state index is -0.476. The van der Waals surface area contributed by atoms with Crippen molar-refractivity contribution in [3.8, 4) is 11.8 Å². The van der Waals surface area contributed by atoms with Gasteiger partial charge >= 0.3 is 0 Å². The molecular formula is C19H21N3O2. The minimum absolute atomic E-state index is 0.0173. The molecule has 2 aromatic carbocycles. The number of anilines is 1. The fourth-order valence-electron chi connectivity index (χ4n) is 2.39. The number of hydrogen-bond donors (Lipinski definition) is 3. The van der Waals surface area contributed by atoms with Gasteiger partial charge in [-0.25, -0.2) is 0 Å². The third kappa shape index (κ3) is 4.26. The van der Waals surface area contributed by atoms with Gasteiger partial charge in [0.05, 0.1) is 0 Å². The Labute approximate surface area is 141 Å². The Morgan fingerprint density at radius 2 is 1.96 bits per heavy atom. The molecule has 24 heavy (non-hydrogen) atoms. The molecule has 2 rings (SSSR count). The lowest BCUT2D eigenvalue weighted by Crippen LogP contribution is -2.17. The van der Waals surface area contributed by atoms with E-state index >= 15 is 0 Å². The van der Waals surface area contributed by atoms with Crippen LogP contribution in [0.4, 0.5) is 5.69 Å². The second kappa shape index (κ2) is 8.59. The second-order valence-electron chi connectivity index (χ2n) is 5.46. The molecule has 124 valence electrons. The van der Waals surface area contributed by atoms with Crippen LogP contribution in [0.1, 0.15) is 26.2 Å². The number of phenolic OH excluding ortho intramolecular Hbond substituents is 1. The number of nitrogens with one attached hydrogen (secondary N) is 2. The molecule has 3 N–H and O–H groups in total. The fraction of sp³-hybridized carbons (Fsp3) is 0.263.